The molecule has 0 fully saturated rings. The van der Waals surface area contributed by atoms with Gasteiger partial charge in [-0.1, -0.05) is 37.6 Å². The van der Waals surface area contributed by atoms with Crippen molar-refractivity contribution in [3.05, 3.63) is 35.4 Å². The van der Waals surface area contributed by atoms with Gasteiger partial charge < -0.3 is 5.32 Å². The van der Waals surface area contributed by atoms with E-state index >= 15 is 0 Å². The highest BCUT2D eigenvalue weighted by Gasteiger charge is 2.09. The van der Waals surface area contributed by atoms with Crippen LogP contribution in [0.5, 0.6) is 0 Å². The molecule has 0 aliphatic heterocycles. The summed E-state index contributed by atoms with van der Waals surface area (Å²) in [4.78, 5) is 11.8. The van der Waals surface area contributed by atoms with Crippen molar-refractivity contribution in [1.82, 2.24) is 5.32 Å². The molecule has 0 saturated carbocycles. The number of carbonyl (C=O) groups is 1. The number of hydrogen-bond acceptors (Lipinski definition) is 1. The summed E-state index contributed by atoms with van der Waals surface area (Å²) in [7, 11) is 0. The first-order valence-electron chi connectivity index (χ1n) is 6.54. The minimum atomic E-state index is 0.0947. The summed E-state index contributed by atoms with van der Waals surface area (Å²) in [6.45, 7) is 4.89. The van der Waals surface area contributed by atoms with Crippen LogP contribution in [-0.4, -0.2) is 18.3 Å². The van der Waals surface area contributed by atoms with Crippen LogP contribution >= 0.6 is 11.6 Å². The molecule has 0 saturated heterocycles. The fourth-order valence-electron chi connectivity index (χ4n) is 1.91. The zero-order valence-corrected chi connectivity index (χ0v) is 12.0. The summed E-state index contributed by atoms with van der Waals surface area (Å²) in [5.41, 5.74) is 2.26. The Balaban J connectivity index is 2.40. The highest BCUT2D eigenvalue weighted by molar-refractivity contribution is 6.17. The molecule has 1 unspecified atom stereocenters. The number of nitrogens with one attached hydrogen (secondary N) is 1. The quantitative estimate of drug-likeness (QED) is 0.755. The first-order valence-corrected chi connectivity index (χ1v) is 7.08. The number of benzene rings is 1. The third-order valence-electron chi connectivity index (χ3n) is 3.29. The van der Waals surface area contributed by atoms with Gasteiger partial charge in [-0.3, -0.25) is 4.79 Å². The van der Waals surface area contributed by atoms with E-state index in [4.69, 9.17) is 11.6 Å². The average molecular weight is 268 g/mol. The van der Waals surface area contributed by atoms with Crippen molar-refractivity contribution in [2.24, 2.45) is 5.92 Å². The van der Waals surface area contributed by atoms with Gasteiger partial charge in [0.25, 0.3) is 0 Å². The van der Waals surface area contributed by atoms with Crippen LogP contribution < -0.4 is 5.32 Å². The first kappa shape index (κ1) is 15.0. The van der Waals surface area contributed by atoms with Crippen molar-refractivity contribution in [2.75, 3.05) is 12.4 Å². The van der Waals surface area contributed by atoms with Crippen molar-refractivity contribution in [2.45, 2.75) is 33.1 Å². The summed E-state index contributed by atoms with van der Waals surface area (Å²) in [5, 5.41) is 3.00. The fourth-order valence-corrected chi connectivity index (χ4v) is 2.22. The Hall–Kier alpha value is -1.02. The highest BCUT2D eigenvalue weighted by Crippen LogP contribution is 2.09. The monoisotopic (exact) mass is 267 g/mol. The molecule has 0 aromatic heterocycles. The molecule has 1 rings (SSSR count). The molecule has 100 valence electrons. The van der Waals surface area contributed by atoms with Gasteiger partial charge in [0.15, 0.2) is 0 Å². The van der Waals surface area contributed by atoms with Gasteiger partial charge >= 0.3 is 0 Å². The van der Waals surface area contributed by atoms with Crippen molar-refractivity contribution in [1.29, 1.82) is 0 Å². The van der Waals surface area contributed by atoms with Crippen molar-refractivity contribution >= 4 is 17.5 Å². The Bertz CT molecular complexity index is 379. The summed E-state index contributed by atoms with van der Waals surface area (Å²) in [5.74, 6) is 1.24. The van der Waals surface area contributed by atoms with Crippen LogP contribution in [0.3, 0.4) is 0 Å². The van der Waals surface area contributed by atoms with Crippen molar-refractivity contribution < 1.29 is 4.79 Å². The average Bonchev–Trinajstić information content (AvgIpc) is 2.37. The largest absolute Gasteiger partial charge is 0.356 e. The minimum absolute atomic E-state index is 0.0947. The maximum absolute atomic E-state index is 11.8. The Morgan fingerprint density at radius 1 is 1.39 bits per heavy atom. The number of hydrogen-bond donors (Lipinski definition) is 1. The summed E-state index contributed by atoms with van der Waals surface area (Å²) >= 11 is 5.73. The molecular weight excluding hydrogens is 246 g/mol. The summed E-state index contributed by atoms with van der Waals surface area (Å²) in [6, 6.07) is 8.00. The number of amides is 1. The van der Waals surface area contributed by atoms with Crippen LogP contribution in [0.4, 0.5) is 0 Å². The second-order valence-corrected chi connectivity index (χ2v) is 5.04. The van der Waals surface area contributed by atoms with E-state index in [1.165, 1.54) is 5.56 Å². The molecule has 3 heteroatoms. The molecule has 0 aliphatic carbocycles. The molecule has 0 radical (unpaired) electrons. The van der Waals surface area contributed by atoms with Crippen LogP contribution in [-0.2, 0) is 11.2 Å². The molecule has 1 aromatic rings. The van der Waals surface area contributed by atoms with Crippen LogP contribution in [0.25, 0.3) is 0 Å². The SMILES string of the molecule is CCC(CCCl)CNC(=O)Cc1ccccc1C. The number of aryl methyl sites for hydroxylation is 1. The van der Waals surface area contributed by atoms with Crippen LogP contribution in [0.1, 0.15) is 30.9 Å². The van der Waals surface area contributed by atoms with E-state index in [-0.39, 0.29) is 5.91 Å². The predicted octanol–water partition coefficient (Wildman–Crippen LogP) is 3.31. The van der Waals surface area contributed by atoms with Crippen molar-refractivity contribution in [3.63, 3.8) is 0 Å². The van der Waals surface area contributed by atoms with Gasteiger partial charge in [-0.05, 0) is 30.4 Å². The molecule has 0 bridgehead atoms. The van der Waals surface area contributed by atoms with E-state index in [9.17, 15) is 4.79 Å². The molecule has 0 spiro atoms. The van der Waals surface area contributed by atoms with E-state index < -0.39 is 0 Å². The maximum atomic E-state index is 11.8. The molecular formula is C15H22ClNO. The lowest BCUT2D eigenvalue weighted by Crippen LogP contribution is -2.30. The van der Waals surface area contributed by atoms with Crippen molar-refractivity contribution in [3.8, 4) is 0 Å². The van der Waals surface area contributed by atoms with Gasteiger partial charge in [0, 0.05) is 12.4 Å². The Morgan fingerprint density at radius 2 is 2.11 bits per heavy atom. The smallest absolute Gasteiger partial charge is 0.224 e. The van der Waals surface area contributed by atoms with Gasteiger partial charge in [-0.25, -0.2) is 0 Å². The molecule has 18 heavy (non-hydrogen) atoms. The Morgan fingerprint density at radius 3 is 2.72 bits per heavy atom. The third-order valence-corrected chi connectivity index (χ3v) is 3.51. The summed E-state index contributed by atoms with van der Waals surface area (Å²) in [6.07, 6.45) is 2.48. The lowest BCUT2D eigenvalue weighted by Gasteiger charge is -2.14. The van der Waals surface area contributed by atoms with Gasteiger partial charge in [0.05, 0.1) is 6.42 Å². The number of carbonyl (C=O) groups excluding carboxylic acids is 1. The lowest BCUT2D eigenvalue weighted by atomic mass is 10.0. The third kappa shape index (κ3) is 5.09. The van der Waals surface area contributed by atoms with Crippen LogP contribution in [0.15, 0.2) is 24.3 Å². The molecule has 2 nitrogen and oxygen atoms in total. The van der Waals surface area contributed by atoms with E-state index in [0.717, 1.165) is 24.9 Å². The molecule has 1 N–H and O–H groups in total. The lowest BCUT2D eigenvalue weighted by molar-refractivity contribution is -0.120. The second-order valence-electron chi connectivity index (χ2n) is 4.66. The van der Waals surface area contributed by atoms with Crippen LogP contribution in [0, 0.1) is 12.8 Å². The van der Waals surface area contributed by atoms with Crippen LogP contribution in [0.2, 0.25) is 0 Å². The topological polar surface area (TPSA) is 29.1 Å². The molecule has 1 aromatic carbocycles. The molecule has 1 atom stereocenters. The van der Waals surface area contributed by atoms with Gasteiger partial charge in [0.1, 0.15) is 0 Å². The molecule has 0 heterocycles. The second kappa shape index (κ2) is 8.15. The fraction of sp³-hybridized carbons (Fsp3) is 0.533. The number of halogens is 1. The molecule has 1 amide bonds. The molecule has 0 aliphatic rings. The van der Waals surface area contributed by atoms with Gasteiger partial charge in [-0.15, -0.1) is 11.6 Å². The zero-order chi connectivity index (χ0) is 13.4. The summed E-state index contributed by atoms with van der Waals surface area (Å²) < 4.78 is 0. The number of alkyl halides is 1. The van der Waals surface area contributed by atoms with E-state index in [1.54, 1.807) is 0 Å². The first-order chi connectivity index (χ1) is 8.67. The van der Waals surface area contributed by atoms with Gasteiger partial charge in [-0.2, -0.15) is 0 Å². The Kier molecular flexibility index (Phi) is 6.81. The Labute approximate surface area is 115 Å². The minimum Gasteiger partial charge on any atom is -0.356 e. The van der Waals surface area contributed by atoms with E-state index in [2.05, 4.69) is 12.2 Å². The highest BCUT2D eigenvalue weighted by atomic mass is 35.5. The zero-order valence-electron chi connectivity index (χ0n) is 11.2. The van der Waals surface area contributed by atoms with Gasteiger partial charge in [0.2, 0.25) is 5.91 Å². The van der Waals surface area contributed by atoms with E-state index in [1.807, 2.05) is 31.2 Å². The maximum Gasteiger partial charge on any atom is 0.224 e. The van der Waals surface area contributed by atoms with E-state index in [0.29, 0.717) is 18.2 Å². The predicted molar refractivity (Wildman–Crippen MR) is 77.0 cm³/mol. The number of rotatable bonds is 7. The normalized spacial score (nSPS) is 12.2. The standard InChI is InChI=1S/C15H22ClNO/c1-3-13(8-9-16)11-17-15(18)10-14-7-5-4-6-12(14)2/h4-7,13H,3,8-11H2,1-2H3,(H,17,18).